The third-order valence-electron chi connectivity index (χ3n) is 4.52. The quantitative estimate of drug-likeness (QED) is 0.526. The molecule has 1 N–H and O–H groups in total. The number of rotatable bonds is 11. The Bertz CT molecular complexity index is 821. The van der Waals surface area contributed by atoms with Crippen LogP contribution < -0.4 is 4.74 Å². The Kier molecular flexibility index (Phi) is 8.40. The van der Waals surface area contributed by atoms with Crippen LogP contribution in [0.25, 0.3) is 10.8 Å². The van der Waals surface area contributed by atoms with Gasteiger partial charge in [-0.3, -0.25) is 0 Å². The Morgan fingerprint density at radius 2 is 1.46 bits per heavy atom. The van der Waals surface area contributed by atoms with Gasteiger partial charge in [0.25, 0.3) is 0 Å². The molecule has 0 amide bonds. The zero-order chi connectivity index (χ0) is 20.7. The molecule has 0 saturated carbocycles. The summed E-state index contributed by atoms with van der Waals surface area (Å²) >= 11 is 0. The van der Waals surface area contributed by atoms with Gasteiger partial charge in [0.1, 0.15) is 24.6 Å². The molecule has 8 nitrogen and oxygen atoms in total. The van der Waals surface area contributed by atoms with E-state index in [4.69, 9.17) is 13.8 Å². The van der Waals surface area contributed by atoms with Gasteiger partial charge < -0.3 is 9.84 Å². The molecule has 3 atom stereocenters. The summed E-state index contributed by atoms with van der Waals surface area (Å²) in [5.74, 6) is 0.248. The van der Waals surface area contributed by atoms with Crippen LogP contribution in [0, 0.1) is 0 Å². The largest absolute Gasteiger partial charge is 0.697 e. The second kappa shape index (κ2) is 10.3. The Labute approximate surface area is 165 Å². The predicted octanol–water partition coefficient (Wildman–Crippen LogP) is 4.32. The van der Waals surface area contributed by atoms with E-state index >= 15 is 0 Å². The zero-order valence-electron chi connectivity index (χ0n) is 16.2. The molecule has 152 valence electrons. The third-order valence-corrected chi connectivity index (χ3v) is 5.79. The number of methoxy groups -OCH3 is 1. The van der Waals surface area contributed by atoms with Crippen molar-refractivity contribution < 1.29 is 37.1 Å². The SMILES string of the molecule is COc1ccc2cc(C(C)C(O)(CO[P+](=O)OC)CO[P+](=O)OC)ccc2c1. The molecule has 0 aliphatic heterocycles. The maximum atomic E-state index is 11.5. The topological polar surface area (TPSA) is 101 Å². The predicted molar refractivity (Wildman–Crippen MR) is 105 cm³/mol. The van der Waals surface area contributed by atoms with Gasteiger partial charge in [-0.15, -0.1) is 18.1 Å². The van der Waals surface area contributed by atoms with E-state index in [-0.39, 0.29) is 13.2 Å². The fraction of sp³-hybridized carbons (Fsp3) is 0.444. The van der Waals surface area contributed by atoms with Crippen LogP contribution in [0.5, 0.6) is 5.75 Å². The second-order valence-corrected chi connectivity index (χ2v) is 8.30. The van der Waals surface area contributed by atoms with Gasteiger partial charge in [0.2, 0.25) is 0 Å². The molecule has 10 heteroatoms. The highest BCUT2D eigenvalue weighted by atomic mass is 31.1. The normalized spacial score (nSPS) is 15.8. The minimum atomic E-state index is -2.38. The highest BCUT2D eigenvalue weighted by molar-refractivity contribution is 7.33. The minimum absolute atomic E-state index is 0.343. The van der Waals surface area contributed by atoms with Crippen LogP contribution in [0.15, 0.2) is 36.4 Å². The molecule has 3 unspecified atom stereocenters. The minimum Gasteiger partial charge on any atom is -0.497 e. The van der Waals surface area contributed by atoms with Gasteiger partial charge >= 0.3 is 16.5 Å². The molecule has 2 rings (SSSR count). The smallest absolute Gasteiger partial charge is 0.497 e. The zero-order valence-corrected chi connectivity index (χ0v) is 17.9. The van der Waals surface area contributed by atoms with Crippen LogP contribution in [-0.2, 0) is 27.2 Å². The van der Waals surface area contributed by atoms with E-state index in [1.54, 1.807) is 14.0 Å². The van der Waals surface area contributed by atoms with Crippen molar-refractivity contribution in [1.29, 1.82) is 0 Å². The van der Waals surface area contributed by atoms with Gasteiger partial charge in [-0.1, -0.05) is 31.2 Å². The molecule has 0 radical (unpaired) electrons. The van der Waals surface area contributed by atoms with Crippen LogP contribution in [0.1, 0.15) is 18.4 Å². The van der Waals surface area contributed by atoms with Crippen molar-refractivity contribution in [3.8, 4) is 5.75 Å². The van der Waals surface area contributed by atoms with Crippen LogP contribution >= 0.6 is 16.5 Å². The first-order chi connectivity index (χ1) is 13.3. The molecule has 0 bridgehead atoms. The fourth-order valence-electron chi connectivity index (χ4n) is 2.67. The first-order valence-electron chi connectivity index (χ1n) is 8.41. The van der Waals surface area contributed by atoms with Gasteiger partial charge in [-0.05, 0) is 28.5 Å². The summed E-state index contributed by atoms with van der Waals surface area (Å²) in [5, 5.41) is 13.1. The summed E-state index contributed by atoms with van der Waals surface area (Å²) in [6, 6.07) is 11.4. The first kappa shape index (κ1) is 22.8. The molecule has 0 fully saturated rings. The summed E-state index contributed by atoms with van der Waals surface area (Å²) in [6.07, 6.45) is 0. The lowest BCUT2D eigenvalue weighted by atomic mass is 9.84. The molecular formula is C18H24O8P2+2. The number of aliphatic hydroxyl groups is 1. The average Bonchev–Trinajstić information content (AvgIpc) is 2.74. The van der Waals surface area contributed by atoms with E-state index in [9.17, 15) is 14.2 Å². The second-order valence-electron chi connectivity index (χ2n) is 6.16. The van der Waals surface area contributed by atoms with Gasteiger partial charge in [0.05, 0.1) is 21.3 Å². The van der Waals surface area contributed by atoms with Crippen molar-refractivity contribution in [3.05, 3.63) is 42.0 Å². The number of hydrogen-bond acceptors (Lipinski definition) is 8. The number of benzene rings is 2. The molecule has 0 aliphatic rings. The lowest BCUT2D eigenvalue weighted by Crippen LogP contribution is -2.43. The molecule has 2 aromatic carbocycles. The number of ether oxygens (including phenoxy) is 1. The number of hydrogen-bond donors (Lipinski definition) is 1. The van der Waals surface area contributed by atoms with Crippen molar-refractivity contribution in [2.24, 2.45) is 0 Å². The van der Waals surface area contributed by atoms with Crippen molar-refractivity contribution >= 4 is 27.3 Å². The first-order valence-corrected chi connectivity index (χ1v) is 10.6. The maximum Gasteiger partial charge on any atom is 0.697 e. The molecule has 0 aromatic heterocycles. The van der Waals surface area contributed by atoms with Crippen LogP contribution in [0.4, 0.5) is 0 Å². The monoisotopic (exact) mass is 430 g/mol. The van der Waals surface area contributed by atoms with Crippen molar-refractivity contribution in [2.45, 2.75) is 18.4 Å². The third kappa shape index (κ3) is 5.75. The van der Waals surface area contributed by atoms with E-state index in [1.165, 1.54) is 14.2 Å². The summed E-state index contributed by atoms with van der Waals surface area (Å²) in [4.78, 5) is 0. The van der Waals surface area contributed by atoms with E-state index in [0.29, 0.717) is 0 Å². The summed E-state index contributed by atoms with van der Waals surface area (Å²) < 4.78 is 47.6. The van der Waals surface area contributed by atoms with Gasteiger partial charge in [0, 0.05) is 15.0 Å². The molecule has 0 aliphatic carbocycles. The highest BCUT2D eigenvalue weighted by Gasteiger charge is 2.42. The molecule has 0 heterocycles. The molecule has 2 aromatic rings. The van der Waals surface area contributed by atoms with Crippen molar-refractivity contribution in [1.82, 2.24) is 0 Å². The van der Waals surface area contributed by atoms with Gasteiger partial charge in [-0.2, -0.15) is 0 Å². The Balaban J connectivity index is 2.30. The summed E-state index contributed by atoms with van der Waals surface area (Å²) in [6.45, 7) is 1.09. The van der Waals surface area contributed by atoms with E-state index in [0.717, 1.165) is 22.1 Å². The molecule has 28 heavy (non-hydrogen) atoms. The van der Waals surface area contributed by atoms with Gasteiger partial charge in [0.15, 0.2) is 0 Å². The standard InChI is InChI=1S/C18H24O8P2/c1-13(14-5-6-16-10-17(22-2)8-7-15(16)9-14)18(19,11-25-27(20)23-3)12-26-28(21)24-4/h5-10,13,19H,11-12H2,1-4H3/q+2. The van der Waals surface area contributed by atoms with Crippen LogP contribution in [0.2, 0.25) is 0 Å². The Morgan fingerprint density at radius 1 is 0.929 bits per heavy atom. The Hall–Kier alpha value is -1.50. The molecule has 0 spiro atoms. The molecular weight excluding hydrogens is 406 g/mol. The van der Waals surface area contributed by atoms with E-state index in [1.807, 2.05) is 36.4 Å². The Morgan fingerprint density at radius 3 is 2.00 bits per heavy atom. The van der Waals surface area contributed by atoms with E-state index < -0.39 is 28.0 Å². The van der Waals surface area contributed by atoms with Crippen molar-refractivity contribution in [3.63, 3.8) is 0 Å². The highest BCUT2D eigenvalue weighted by Crippen LogP contribution is 2.36. The summed E-state index contributed by atoms with van der Waals surface area (Å²) in [5.41, 5.74) is -0.819. The van der Waals surface area contributed by atoms with Gasteiger partial charge in [-0.25, -0.2) is 0 Å². The number of fused-ring (bicyclic) bond motifs is 1. The summed E-state index contributed by atoms with van der Waals surface area (Å²) in [7, 11) is -0.696. The molecule has 0 saturated heterocycles. The van der Waals surface area contributed by atoms with Crippen molar-refractivity contribution in [2.75, 3.05) is 34.5 Å². The van der Waals surface area contributed by atoms with Crippen LogP contribution in [-0.4, -0.2) is 45.3 Å². The van der Waals surface area contributed by atoms with Crippen LogP contribution in [0.3, 0.4) is 0 Å². The average molecular weight is 430 g/mol. The lowest BCUT2D eigenvalue weighted by Gasteiger charge is -2.30. The lowest BCUT2D eigenvalue weighted by molar-refractivity contribution is -0.0581. The fourth-order valence-corrected chi connectivity index (χ4v) is 3.54. The van der Waals surface area contributed by atoms with E-state index in [2.05, 4.69) is 9.05 Å². The maximum absolute atomic E-state index is 11.5.